The molecule has 0 aliphatic carbocycles. The third kappa shape index (κ3) is 1.66. The van der Waals surface area contributed by atoms with Crippen LogP contribution in [0.1, 0.15) is 24.9 Å². The van der Waals surface area contributed by atoms with Crippen molar-refractivity contribution >= 4 is 0 Å². The zero-order chi connectivity index (χ0) is 9.80. The molecule has 0 aromatic carbocycles. The zero-order valence-electron chi connectivity index (χ0n) is 8.17. The average molecular weight is 187 g/mol. The van der Waals surface area contributed by atoms with Gasteiger partial charge in [0.25, 0.3) is 0 Å². The van der Waals surface area contributed by atoms with E-state index in [-0.39, 0.29) is 0 Å². The van der Waals surface area contributed by atoms with Gasteiger partial charge in [-0.2, -0.15) is 5.10 Å². The van der Waals surface area contributed by atoms with Crippen LogP contribution in [0.25, 0.3) is 0 Å². The number of rotatable bonds is 3. The zero-order valence-corrected chi connectivity index (χ0v) is 8.17. The predicted octanol–water partition coefficient (Wildman–Crippen LogP) is 2.28. The second-order valence-electron chi connectivity index (χ2n) is 3.20. The summed E-state index contributed by atoms with van der Waals surface area (Å²) < 4.78 is 1.97. The number of hydrogen-bond acceptors (Lipinski definition) is 2. The summed E-state index contributed by atoms with van der Waals surface area (Å²) >= 11 is 0. The monoisotopic (exact) mass is 187 g/mol. The van der Waals surface area contributed by atoms with E-state index in [0.29, 0.717) is 6.04 Å². The Balaban J connectivity index is 2.31. The third-order valence-electron chi connectivity index (χ3n) is 2.30. The summed E-state index contributed by atoms with van der Waals surface area (Å²) in [4.78, 5) is 4.12. The number of hydrogen-bond donors (Lipinski definition) is 0. The topological polar surface area (TPSA) is 30.7 Å². The molecule has 72 valence electrons. The van der Waals surface area contributed by atoms with Crippen LogP contribution in [0.15, 0.2) is 43.0 Å². The van der Waals surface area contributed by atoms with Crippen LogP contribution in [-0.2, 0) is 0 Å². The van der Waals surface area contributed by atoms with Gasteiger partial charge in [0.05, 0.1) is 6.04 Å². The van der Waals surface area contributed by atoms with Gasteiger partial charge in [-0.15, -0.1) is 0 Å². The molecule has 0 spiro atoms. The maximum atomic E-state index is 4.25. The van der Waals surface area contributed by atoms with Crippen molar-refractivity contribution in [2.45, 2.75) is 19.4 Å². The van der Waals surface area contributed by atoms with Gasteiger partial charge >= 0.3 is 0 Å². The summed E-state index contributed by atoms with van der Waals surface area (Å²) in [7, 11) is 0. The second-order valence-corrected chi connectivity index (χ2v) is 3.20. The third-order valence-corrected chi connectivity index (χ3v) is 2.30. The minimum atomic E-state index is 0.304. The van der Waals surface area contributed by atoms with Gasteiger partial charge < -0.3 is 0 Å². The Morgan fingerprint density at radius 3 is 2.86 bits per heavy atom. The highest BCUT2D eigenvalue weighted by Gasteiger charge is 2.10. The highest BCUT2D eigenvalue weighted by Crippen LogP contribution is 2.19. The van der Waals surface area contributed by atoms with Gasteiger partial charge in [0.15, 0.2) is 0 Å². The Morgan fingerprint density at radius 1 is 1.36 bits per heavy atom. The fourth-order valence-corrected chi connectivity index (χ4v) is 1.61. The van der Waals surface area contributed by atoms with Crippen molar-refractivity contribution in [2.24, 2.45) is 0 Å². The van der Waals surface area contributed by atoms with E-state index in [1.165, 1.54) is 5.56 Å². The van der Waals surface area contributed by atoms with Gasteiger partial charge in [-0.3, -0.25) is 9.67 Å². The Kier molecular flexibility index (Phi) is 2.58. The van der Waals surface area contributed by atoms with Crippen molar-refractivity contribution in [3.05, 3.63) is 48.5 Å². The van der Waals surface area contributed by atoms with Crippen LogP contribution >= 0.6 is 0 Å². The van der Waals surface area contributed by atoms with Crippen molar-refractivity contribution in [1.82, 2.24) is 14.8 Å². The van der Waals surface area contributed by atoms with Crippen LogP contribution in [0.4, 0.5) is 0 Å². The summed E-state index contributed by atoms with van der Waals surface area (Å²) in [6.07, 6.45) is 8.50. The molecule has 0 fully saturated rings. The summed E-state index contributed by atoms with van der Waals surface area (Å²) in [6, 6.07) is 6.29. The van der Waals surface area contributed by atoms with Gasteiger partial charge in [0.1, 0.15) is 0 Å². The Labute approximate surface area is 83.4 Å². The van der Waals surface area contributed by atoms with Crippen LogP contribution in [0.5, 0.6) is 0 Å². The highest BCUT2D eigenvalue weighted by molar-refractivity contribution is 5.14. The molecule has 0 saturated heterocycles. The lowest BCUT2D eigenvalue weighted by atomic mass is 10.1. The van der Waals surface area contributed by atoms with Crippen LogP contribution < -0.4 is 0 Å². The lowest BCUT2D eigenvalue weighted by molar-refractivity contribution is 0.508. The van der Waals surface area contributed by atoms with Crippen molar-refractivity contribution in [2.75, 3.05) is 0 Å². The molecule has 0 saturated carbocycles. The van der Waals surface area contributed by atoms with Crippen molar-refractivity contribution in [1.29, 1.82) is 0 Å². The van der Waals surface area contributed by atoms with Gasteiger partial charge in [-0.05, 0) is 24.1 Å². The molecular formula is C11H13N3. The fraction of sp³-hybridized carbons (Fsp3) is 0.273. The van der Waals surface area contributed by atoms with E-state index in [9.17, 15) is 0 Å². The Bertz CT molecular complexity index is 367. The second kappa shape index (κ2) is 4.05. The van der Waals surface area contributed by atoms with E-state index in [2.05, 4.69) is 23.1 Å². The molecule has 14 heavy (non-hydrogen) atoms. The van der Waals surface area contributed by atoms with E-state index in [4.69, 9.17) is 0 Å². The lowest BCUT2D eigenvalue weighted by Crippen LogP contribution is -2.10. The van der Waals surface area contributed by atoms with Crippen LogP contribution in [0.2, 0.25) is 0 Å². The SMILES string of the molecule is CCC(c1cccnc1)n1cccn1. The summed E-state index contributed by atoms with van der Waals surface area (Å²) in [6.45, 7) is 2.15. The molecule has 3 nitrogen and oxygen atoms in total. The number of nitrogens with zero attached hydrogens (tertiary/aromatic N) is 3. The maximum absolute atomic E-state index is 4.25. The quantitative estimate of drug-likeness (QED) is 0.738. The van der Waals surface area contributed by atoms with E-state index in [0.717, 1.165) is 6.42 Å². The molecule has 0 amide bonds. The predicted molar refractivity (Wildman–Crippen MR) is 54.9 cm³/mol. The van der Waals surface area contributed by atoms with Gasteiger partial charge in [0.2, 0.25) is 0 Å². The minimum absolute atomic E-state index is 0.304. The Hall–Kier alpha value is -1.64. The van der Waals surface area contributed by atoms with Crippen molar-refractivity contribution in [3.8, 4) is 0 Å². The van der Waals surface area contributed by atoms with E-state index < -0.39 is 0 Å². The first-order valence-electron chi connectivity index (χ1n) is 4.81. The van der Waals surface area contributed by atoms with Gasteiger partial charge in [-0.1, -0.05) is 13.0 Å². The van der Waals surface area contributed by atoms with E-state index >= 15 is 0 Å². The molecule has 2 aromatic rings. The molecule has 0 aliphatic heterocycles. The normalized spacial score (nSPS) is 12.6. The smallest absolute Gasteiger partial charge is 0.0780 e. The molecular weight excluding hydrogens is 174 g/mol. The van der Waals surface area contributed by atoms with Gasteiger partial charge in [0, 0.05) is 24.8 Å². The molecule has 2 rings (SSSR count). The lowest BCUT2D eigenvalue weighted by Gasteiger charge is -2.15. The fourth-order valence-electron chi connectivity index (χ4n) is 1.61. The molecule has 1 unspecified atom stereocenters. The molecule has 2 aromatic heterocycles. The van der Waals surface area contributed by atoms with E-state index in [1.54, 1.807) is 12.4 Å². The maximum Gasteiger partial charge on any atom is 0.0780 e. The molecule has 0 bridgehead atoms. The Morgan fingerprint density at radius 2 is 2.29 bits per heavy atom. The van der Waals surface area contributed by atoms with Crippen LogP contribution in [0.3, 0.4) is 0 Å². The number of pyridine rings is 1. The largest absolute Gasteiger partial charge is 0.265 e. The van der Waals surface area contributed by atoms with Crippen LogP contribution in [0, 0.1) is 0 Å². The first-order valence-corrected chi connectivity index (χ1v) is 4.81. The molecule has 0 radical (unpaired) electrons. The summed E-state index contributed by atoms with van der Waals surface area (Å²) in [5.74, 6) is 0. The first kappa shape index (κ1) is 8.94. The molecule has 0 N–H and O–H groups in total. The molecule has 3 heteroatoms. The summed E-state index contributed by atoms with van der Waals surface area (Å²) in [5, 5.41) is 4.25. The van der Waals surface area contributed by atoms with Crippen molar-refractivity contribution < 1.29 is 0 Å². The molecule has 2 heterocycles. The standard InChI is InChI=1S/C11H13N3/c1-2-11(14-8-4-7-13-14)10-5-3-6-12-9-10/h3-9,11H,2H2,1H3. The first-order chi connectivity index (χ1) is 6.92. The summed E-state index contributed by atoms with van der Waals surface area (Å²) in [5.41, 5.74) is 1.21. The molecule has 1 atom stereocenters. The average Bonchev–Trinajstić information content (AvgIpc) is 2.74. The van der Waals surface area contributed by atoms with Crippen LogP contribution in [-0.4, -0.2) is 14.8 Å². The van der Waals surface area contributed by atoms with Crippen molar-refractivity contribution in [3.63, 3.8) is 0 Å². The minimum Gasteiger partial charge on any atom is -0.265 e. The highest BCUT2D eigenvalue weighted by atomic mass is 15.3. The molecule has 0 aliphatic rings. The van der Waals surface area contributed by atoms with E-state index in [1.807, 2.05) is 29.2 Å². The number of aromatic nitrogens is 3. The van der Waals surface area contributed by atoms with Gasteiger partial charge in [-0.25, -0.2) is 0 Å².